The van der Waals surface area contributed by atoms with Crippen molar-refractivity contribution in [1.82, 2.24) is 15.5 Å². The van der Waals surface area contributed by atoms with E-state index < -0.39 is 0 Å². The van der Waals surface area contributed by atoms with Crippen molar-refractivity contribution in [3.63, 3.8) is 0 Å². The summed E-state index contributed by atoms with van der Waals surface area (Å²) in [5.41, 5.74) is 0. The molecular formula is C11H23N3O2. The van der Waals surface area contributed by atoms with Gasteiger partial charge in [0.05, 0.1) is 6.54 Å². The van der Waals surface area contributed by atoms with Gasteiger partial charge in [-0.1, -0.05) is 13.8 Å². The Morgan fingerprint density at radius 3 is 2.38 bits per heavy atom. The topological polar surface area (TPSA) is 61.4 Å². The van der Waals surface area contributed by atoms with Gasteiger partial charge in [-0.3, -0.25) is 9.59 Å². The third-order valence-corrected chi connectivity index (χ3v) is 2.35. The molecule has 5 heteroatoms. The van der Waals surface area contributed by atoms with Crippen LogP contribution in [0.5, 0.6) is 0 Å². The monoisotopic (exact) mass is 229 g/mol. The highest BCUT2D eigenvalue weighted by Gasteiger charge is 2.20. The van der Waals surface area contributed by atoms with Crippen molar-refractivity contribution < 1.29 is 9.59 Å². The molecule has 16 heavy (non-hydrogen) atoms. The van der Waals surface area contributed by atoms with Crippen LogP contribution < -0.4 is 10.6 Å². The van der Waals surface area contributed by atoms with Gasteiger partial charge in [0, 0.05) is 26.1 Å². The Labute approximate surface area is 97.6 Å². The van der Waals surface area contributed by atoms with Crippen LogP contribution in [0.1, 0.15) is 20.3 Å². The van der Waals surface area contributed by atoms with E-state index in [9.17, 15) is 9.59 Å². The molecular weight excluding hydrogens is 206 g/mol. The lowest BCUT2D eigenvalue weighted by Crippen LogP contribution is -2.44. The normalized spacial score (nSPS) is 12.0. The highest BCUT2D eigenvalue weighted by atomic mass is 16.2. The van der Waals surface area contributed by atoms with E-state index in [1.807, 2.05) is 20.9 Å². The fourth-order valence-electron chi connectivity index (χ4n) is 1.49. The van der Waals surface area contributed by atoms with Crippen molar-refractivity contribution in [2.24, 2.45) is 5.92 Å². The maximum absolute atomic E-state index is 12.0. The van der Waals surface area contributed by atoms with E-state index in [0.717, 1.165) is 6.42 Å². The number of hydrogen-bond donors (Lipinski definition) is 2. The minimum Gasteiger partial charge on any atom is -0.358 e. The lowest BCUT2D eigenvalue weighted by Gasteiger charge is -2.24. The van der Waals surface area contributed by atoms with E-state index >= 15 is 0 Å². The first-order valence-corrected chi connectivity index (χ1v) is 5.70. The Balaban J connectivity index is 4.38. The van der Waals surface area contributed by atoms with Gasteiger partial charge < -0.3 is 15.5 Å². The number of carbonyl (C=O) groups excluding carboxylic acids is 2. The lowest BCUT2D eigenvalue weighted by atomic mass is 10.1. The van der Waals surface area contributed by atoms with Crippen LogP contribution in [-0.4, -0.2) is 50.4 Å². The van der Waals surface area contributed by atoms with Gasteiger partial charge in [0.25, 0.3) is 0 Å². The summed E-state index contributed by atoms with van der Waals surface area (Å²) < 4.78 is 0. The molecule has 2 amide bonds. The Morgan fingerprint density at radius 1 is 1.31 bits per heavy atom. The molecule has 94 valence electrons. The van der Waals surface area contributed by atoms with Crippen molar-refractivity contribution in [1.29, 1.82) is 0 Å². The van der Waals surface area contributed by atoms with Crippen molar-refractivity contribution in [2.75, 3.05) is 33.7 Å². The summed E-state index contributed by atoms with van der Waals surface area (Å²) in [5.74, 6) is -0.195. The van der Waals surface area contributed by atoms with Gasteiger partial charge in [0.15, 0.2) is 0 Å². The summed E-state index contributed by atoms with van der Waals surface area (Å²) >= 11 is 0. The maximum atomic E-state index is 12.0. The first kappa shape index (κ1) is 14.9. The van der Waals surface area contributed by atoms with Gasteiger partial charge in [-0.15, -0.1) is 0 Å². The van der Waals surface area contributed by atoms with Gasteiger partial charge in [-0.05, 0) is 13.5 Å². The van der Waals surface area contributed by atoms with E-state index in [0.29, 0.717) is 13.1 Å². The van der Waals surface area contributed by atoms with Crippen LogP contribution in [0, 0.1) is 5.92 Å². The second kappa shape index (κ2) is 8.10. The number of carbonyl (C=O) groups is 2. The number of nitrogens with zero attached hydrogens (tertiary/aromatic N) is 1. The molecule has 0 saturated carbocycles. The fraction of sp³-hybridized carbons (Fsp3) is 0.818. The number of rotatable bonds is 7. The predicted octanol–water partition coefficient (Wildman–Crippen LogP) is -0.173. The van der Waals surface area contributed by atoms with Crippen LogP contribution in [0.2, 0.25) is 0 Å². The van der Waals surface area contributed by atoms with Crippen LogP contribution in [0.15, 0.2) is 0 Å². The first-order chi connectivity index (χ1) is 7.56. The fourth-order valence-corrected chi connectivity index (χ4v) is 1.49. The lowest BCUT2D eigenvalue weighted by molar-refractivity contribution is -0.138. The Bertz CT molecular complexity index is 231. The first-order valence-electron chi connectivity index (χ1n) is 5.70. The van der Waals surface area contributed by atoms with E-state index in [4.69, 9.17) is 0 Å². The van der Waals surface area contributed by atoms with E-state index in [2.05, 4.69) is 10.6 Å². The Hall–Kier alpha value is -1.10. The molecule has 1 atom stereocenters. The molecule has 0 fully saturated rings. The molecule has 0 aliphatic heterocycles. The number of likely N-dealkylation sites (N-methyl/N-ethyl adjacent to an activating group) is 1. The minimum absolute atomic E-state index is 0.0276. The van der Waals surface area contributed by atoms with E-state index in [1.165, 1.54) is 0 Å². The quantitative estimate of drug-likeness (QED) is 0.637. The second-order valence-corrected chi connectivity index (χ2v) is 3.89. The summed E-state index contributed by atoms with van der Waals surface area (Å²) in [6.07, 6.45) is 0.856. The molecule has 0 heterocycles. The molecule has 2 N–H and O–H groups in total. The van der Waals surface area contributed by atoms with Crippen LogP contribution >= 0.6 is 0 Å². The van der Waals surface area contributed by atoms with Gasteiger partial charge in [0.1, 0.15) is 0 Å². The van der Waals surface area contributed by atoms with E-state index in [1.54, 1.807) is 11.9 Å². The molecule has 0 aromatic carbocycles. The molecule has 5 nitrogen and oxygen atoms in total. The molecule has 0 aliphatic carbocycles. The molecule has 0 bridgehead atoms. The zero-order valence-corrected chi connectivity index (χ0v) is 10.7. The van der Waals surface area contributed by atoms with Crippen LogP contribution in [0.3, 0.4) is 0 Å². The summed E-state index contributed by atoms with van der Waals surface area (Å²) in [6, 6.07) is 0. The maximum Gasteiger partial charge on any atom is 0.239 e. The molecule has 1 unspecified atom stereocenters. The highest BCUT2D eigenvalue weighted by molar-refractivity contribution is 5.85. The van der Waals surface area contributed by atoms with Crippen molar-refractivity contribution in [3.8, 4) is 0 Å². The second-order valence-electron chi connectivity index (χ2n) is 3.89. The molecule has 0 spiro atoms. The predicted molar refractivity (Wildman–Crippen MR) is 64.0 cm³/mol. The standard InChI is InChI=1S/C11H23N3O2/c1-5-6-14(8-10(15)13-4)11(16)9(2)7-12-3/h9,12H,5-8H2,1-4H3,(H,13,15). The van der Waals surface area contributed by atoms with Gasteiger partial charge in [-0.2, -0.15) is 0 Å². The molecule has 0 aromatic rings. The Morgan fingerprint density at radius 2 is 1.94 bits per heavy atom. The van der Waals surface area contributed by atoms with E-state index in [-0.39, 0.29) is 24.3 Å². The number of hydrogen-bond acceptors (Lipinski definition) is 3. The van der Waals surface area contributed by atoms with Crippen LogP contribution in [0.25, 0.3) is 0 Å². The van der Waals surface area contributed by atoms with Crippen LogP contribution in [0.4, 0.5) is 0 Å². The third kappa shape index (κ3) is 5.11. The largest absolute Gasteiger partial charge is 0.358 e. The number of nitrogens with one attached hydrogen (secondary N) is 2. The molecule has 0 rings (SSSR count). The number of amides is 2. The summed E-state index contributed by atoms with van der Waals surface area (Å²) in [7, 11) is 3.39. The smallest absolute Gasteiger partial charge is 0.239 e. The van der Waals surface area contributed by atoms with Crippen molar-refractivity contribution >= 4 is 11.8 Å². The average molecular weight is 229 g/mol. The van der Waals surface area contributed by atoms with Crippen LogP contribution in [-0.2, 0) is 9.59 Å². The summed E-state index contributed by atoms with van der Waals surface area (Å²) in [5, 5.41) is 5.50. The molecule has 0 radical (unpaired) electrons. The zero-order valence-electron chi connectivity index (χ0n) is 10.7. The summed E-state index contributed by atoms with van der Waals surface area (Å²) in [4.78, 5) is 24.9. The third-order valence-electron chi connectivity index (χ3n) is 2.35. The van der Waals surface area contributed by atoms with Gasteiger partial charge in [-0.25, -0.2) is 0 Å². The zero-order chi connectivity index (χ0) is 12.6. The van der Waals surface area contributed by atoms with Crippen molar-refractivity contribution in [3.05, 3.63) is 0 Å². The van der Waals surface area contributed by atoms with Crippen molar-refractivity contribution in [2.45, 2.75) is 20.3 Å². The summed E-state index contributed by atoms with van der Waals surface area (Å²) in [6.45, 7) is 5.27. The molecule has 0 aliphatic rings. The van der Waals surface area contributed by atoms with Gasteiger partial charge >= 0.3 is 0 Å². The van der Waals surface area contributed by atoms with Gasteiger partial charge in [0.2, 0.25) is 11.8 Å². The Kier molecular flexibility index (Phi) is 7.54. The minimum atomic E-state index is -0.126. The molecule has 0 saturated heterocycles. The highest BCUT2D eigenvalue weighted by Crippen LogP contribution is 2.02. The molecule has 0 aromatic heterocycles. The average Bonchev–Trinajstić information content (AvgIpc) is 2.27. The SMILES string of the molecule is CCCN(CC(=O)NC)C(=O)C(C)CNC.